The molecule has 3 heterocycles. The van der Waals surface area contributed by atoms with Gasteiger partial charge in [0.05, 0.1) is 18.8 Å². The summed E-state index contributed by atoms with van der Waals surface area (Å²) in [4.78, 5) is 13.9. The zero-order valence-corrected chi connectivity index (χ0v) is 16.0. The lowest BCUT2D eigenvalue weighted by atomic mass is 9.85. The van der Waals surface area contributed by atoms with Gasteiger partial charge in [0.15, 0.2) is 0 Å². The van der Waals surface area contributed by atoms with E-state index in [1.165, 1.54) is 5.56 Å². The molecule has 2 aliphatic heterocycles. The van der Waals surface area contributed by atoms with Crippen LogP contribution in [0, 0.1) is 6.92 Å². The maximum atomic E-state index is 11.0. The van der Waals surface area contributed by atoms with Crippen molar-refractivity contribution in [2.75, 3.05) is 49.2 Å². The van der Waals surface area contributed by atoms with E-state index in [4.69, 9.17) is 9.72 Å². The fraction of sp³-hybridized carbons (Fsp3) is 0.524. The minimum Gasteiger partial charge on any atom is -0.389 e. The van der Waals surface area contributed by atoms with Gasteiger partial charge in [-0.15, -0.1) is 0 Å². The molecule has 0 saturated carbocycles. The number of rotatable bonds is 4. The fourth-order valence-corrected chi connectivity index (χ4v) is 3.91. The highest BCUT2D eigenvalue weighted by atomic mass is 16.5. The molecule has 0 amide bonds. The van der Waals surface area contributed by atoms with Crippen LogP contribution in [0.5, 0.6) is 0 Å². The lowest BCUT2D eigenvalue weighted by molar-refractivity contribution is 0.0163. The standard InChI is InChI=1S/C21H28N4O2/c1-17-15-19(24-11-13-27-14-12-24)23-20(22-17)25-9-7-21(26,8-10-25)16-18-5-3-2-4-6-18/h2-6,15,26H,7-14,16H2,1H3. The molecule has 0 atom stereocenters. The van der Waals surface area contributed by atoms with Crippen molar-refractivity contribution in [2.45, 2.75) is 31.8 Å². The first-order chi connectivity index (χ1) is 13.1. The first kappa shape index (κ1) is 18.2. The number of aromatic nitrogens is 2. The van der Waals surface area contributed by atoms with Crippen LogP contribution < -0.4 is 9.80 Å². The van der Waals surface area contributed by atoms with Gasteiger partial charge in [-0.3, -0.25) is 0 Å². The summed E-state index contributed by atoms with van der Waals surface area (Å²) in [5.41, 5.74) is 1.52. The second-order valence-electron chi connectivity index (χ2n) is 7.64. The summed E-state index contributed by atoms with van der Waals surface area (Å²) in [6.45, 7) is 6.79. The monoisotopic (exact) mass is 368 g/mol. The van der Waals surface area contributed by atoms with Crippen molar-refractivity contribution in [3.05, 3.63) is 47.7 Å². The molecular formula is C21H28N4O2. The molecule has 0 bridgehead atoms. The minimum atomic E-state index is -0.644. The number of benzene rings is 1. The zero-order valence-electron chi connectivity index (χ0n) is 16.0. The second kappa shape index (κ2) is 7.82. The number of aliphatic hydroxyl groups is 1. The number of anilines is 2. The van der Waals surface area contributed by atoms with Crippen LogP contribution in [0.25, 0.3) is 0 Å². The van der Waals surface area contributed by atoms with Crippen molar-refractivity contribution >= 4 is 11.8 Å². The number of hydrogen-bond donors (Lipinski definition) is 1. The van der Waals surface area contributed by atoms with Crippen molar-refractivity contribution in [2.24, 2.45) is 0 Å². The molecule has 2 fully saturated rings. The molecule has 1 aromatic heterocycles. The Hall–Kier alpha value is -2.18. The van der Waals surface area contributed by atoms with Gasteiger partial charge in [-0.2, -0.15) is 4.98 Å². The van der Waals surface area contributed by atoms with Gasteiger partial charge in [0.2, 0.25) is 5.95 Å². The van der Waals surface area contributed by atoms with Gasteiger partial charge in [0.1, 0.15) is 5.82 Å². The van der Waals surface area contributed by atoms with Crippen molar-refractivity contribution in [3.8, 4) is 0 Å². The van der Waals surface area contributed by atoms with Crippen molar-refractivity contribution in [1.82, 2.24) is 9.97 Å². The molecule has 27 heavy (non-hydrogen) atoms. The maximum Gasteiger partial charge on any atom is 0.227 e. The Labute approximate surface area is 160 Å². The van der Waals surface area contributed by atoms with Gasteiger partial charge in [-0.25, -0.2) is 4.98 Å². The Morgan fingerprint density at radius 3 is 2.41 bits per heavy atom. The molecule has 0 unspecified atom stereocenters. The Morgan fingerprint density at radius 2 is 1.70 bits per heavy atom. The molecule has 1 aromatic carbocycles. The summed E-state index contributed by atoms with van der Waals surface area (Å²) in [5.74, 6) is 1.75. The van der Waals surface area contributed by atoms with Crippen LogP contribution in [0.4, 0.5) is 11.8 Å². The predicted molar refractivity (Wildman–Crippen MR) is 106 cm³/mol. The van der Waals surface area contributed by atoms with E-state index in [2.05, 4.69) is 26.9 Å². The SMILES string of the molecule is Cc1cc(N2CCOCC2)nc(N2CCC(O)(Cc3ccccc3)CC2)n1. The van der Waals surface area contributed by atoms with Crippen LogP contribution in [0.3, 0.4) is 0 Å². The van der Waals surface area contributed by atoms with Crippen LogP contribution >= 0.6 is 0 Å². The Balaban J connectivity index is 1.44. The smallest absolute Gasteiger partial charge is 0.227 e. The van der Waals surface area contributed by atoms with E-state index in [0.29, 0.717) is 6.42 Å². The number of ether oxygens (including phenoxy) is 1. The first-order valence-corrected chi connectivity index (χ1v) is 9.81. The number of hydrogen-bond acceptors (Lipinski definition) is 6. The molecule has 6 nitrogen and oxygen atoms in total. The number of piperidine rings is 1. The molecule has 1 N–H and O–H groups in total. The van der Waals surface area contributed by atoms with Gasteiger partial charge >= 0.3 is 0 Å². The number of nitrogens with zero attached hydrogens (tertiary/aromatic N) is 4. The van der Waals surface area contributed by atoms with Gasteiger partial charge in [0.25, 0.3) is 0 Å². The summed E-state index contributed by atoms with van der Waals surface area (Å²) in [7, 11) is 0. The Kier molecular flexibility index (Phi) is 5.27. The van der Waals surface area contributed by atoms with E-state index in [1.54, 1.807) is 0 Å². The highest BCUT2D eigenvalue weighted by molar-refractivity contribution is 5.46. The quantitative estimate of drug-likeness (QED) is 0.893. The van der Waals surface area contributed by atoms with Crippen LogP contribution in [-0.4, -0.2) is 60.1 Å². The van der Waals surface area contributed by atoms with Gasteiger partial charge < -0.3 is 19.6 Å². The van der Waals surface area contributed by atoms with E-state index < -0.39 is 5.60 Å². The highest BCUT2D eigenvalue weighted by Gasteiger charge is 2.33. The van der Waals surface area contributed by atoms with Crippen LogP contribution in [0.15, 0.2) is 36.4 Å². The van der Waals surface area contributed by atoms with Crippen molar-refractivity contribution < 1.29 is 9.84 Å². The van der Waals surface area contributed by atoms with Crippen LogP contribution in [0.1, 0.15) is 24.1 Å². The lowest BCUT2D eigenvalue weighted by Crippen LogP contribution is -2.46. The molecule has 144 valence electrons. The molecule has 2 saturated heterocycles. The highest BCUT2D eigenvalue weighted by Crippen LogP contribution is 2.29. The van der Waals surface area contributed by atoms with Crippen molar-refractivity contribution in [1.29, 1.82) is 0 Å². The topological polar surface area (TPSA) is 61.7 Å². The Bertz CT molecular complexity index is 754. The summed E-state index contributed by atoms with van der Waals surface area (Å²) >= 11 is 0. The summed E-state index contributed by atoms with van der Waals surface area (Å²) in [5, 5.41) is 11.0. The second-order valence-corrected chi connectivity index (χ2v) is 7.64. The number of morpholine rings is 1. The third-order valence-electron chi connectivity index (χ3n) is 5.52. The average Bonchev–Trinajstić information content (AvgIpc) is 2.69. The predicted octanol–water partition coefficient (Wildman–Crippen LogP) is 2.20. The maximum absolute atomic E-state index is 11.0. The normalized spacial score (nSPS) is 19.9. The van der Waals surface area contributed by atoms with Gasteiger partial charge in [0, 0.05) is 44.4 Å². The largest absolute Gasteiger partial charge is 0.389 e. The molecule has 0 spiro atoms. The van der Waals surface area contributed by atoms with Crippen LogP contribution in [-0.2, 0) is 11.2 Å². The molecule has 4 rings (SSSR count). The fourth-order valence-electron chi connectivity index (χ4n) is 3.91. The van der Waals surface area contributed by atoms with E-state index in [1.807, 2.05) is 31.2 Å². The van der Waals surface area contributed by atoms with E-state index in [0.717, 1.165) is 69.7 Å². The third kappa shape index (κ3) is 4.39. The molecule has 6 heteroatoms. The number of aryl methyl sites for hydroxylation is 1. The molecule has 0 radical (unpaired) electrons. The van der Waals surface area contributed by atoms with E-state index >= 15 is 0 Å². The van der Waals surface area contributed by atoms with Gasteiger partial charge in [-0.05, 0) is 25.3 Å². The zero-order chi connectivity index (χ0) is 18.7. The van der Waals surface area contributed by atoms with Crippen molar-refractivity contribution in [3.63, 3.8) is 0 Å². The van der Waals surface area contributed by atoms with Crippen LogP contribution in [0.2, 0.25) is 0 Å². The third-order valence-corrected chi connectivity index (χ3v) is 5.52. The van der Waals surface area contributed by atoms with E-state index in [-0.39, 0.29) is 0 Å². The molecule has 2 aromatic rings. The summed E-state index contributed by atoms with van der Waals surface area (Å²) in [6.07, 6.45) is 2.16. The first-order valence-electron chi connectivity index (χ1n) is 9.81. The molecule has 0 aliphatic carbocycles. The van der Waals surface area contributed by atoms with Gasteiger partial charge in [-0.1, -0.05) is 30.3 Å². The van der Waals surface area contributed by atoms with E-state index in [9.17, 15) is 5.11 Å². The molecule has 2 aliphatic rings. The lowest BCUT2D eigenvalue weighted by Gasteiger charge is -2.38. The summed E-state index contributed by atoms with van der Waals surface area (Å²) in [6, 6.07) is 12.3. The minimum absolute atomic E-state index is 0.644. The molecular weight excluding hydrogens is 340 g/mol. The Morgan fingerprint density at radius 1 is 1.00 bits per heavy atom. The average molecular weight is 368 g/mol. The summed E-state index contributed by atoms with van der Waals surface area (Å²) < 4.78 is 5.45.